The maximum Gasteiger partial charge on any atom is 0.496 e. The number of benzene rings is 4. The predicted octanol–water partition coefficient (Wildman–Crippen LogP) is 12.0. The fourth-order valence-electron chi connectivity index (χ4n) is 6.64. The lowest BCUT2D eigenvalue weighted by atomic mass is 9.49. The number of halogens is 2. The molecule has 0 spiro atoms. The minimum Gasteiger partial charge on any atom is -0.405 e. The van der Waals surface area contributed by atoms with Crippen molar-refractivity contribution < 1.29 is 33.7 Å². The van der Waals surface area contributed by atoms with E-state index in [1.165, 1.54) is 44.8 Å². The van der Waals surface area contributed by atoms with Gasteiger partial charge in [-0.15, -0.1) is 22.7 Å². The third kappa shape index (κ3) is 8.02. The molecule has 0 unspecified atom stereocenters. The summed E-state index contributed by atoms with van der Waals surface area (Å²) in [6.45, 7) is 24.6. The molecule has 0 radical (unpaired) electrons. The Balaban J connectivity index is 0.000000143. The molecule has 3 fully saturated rings. The highest BCUT2D eigenvalue weighted by molar-refractivity contribution is 9.10. The van der Waals surface area contributed by atoms with Gasteiger partial charge in [-0.3, -0.25) is 4.39 Å². The molecule has 0 atom stereocenters. The van der Waals surface area contributed by atoms with Crippen molar-refractivity contribution in [3.8, 4) is 0 Å². The Labute approximate surface area is 350 Å². The SMILES string of the molecule is Brc1cccc2c1sc1ccccc12.CC1(C)OB(B2OC(C)(C)C(C)(C)O2)OC1(C)C.CC1(C)OB(c2cccc3c2sc2ccccc23)OC1(C)C.[2H]CF. The smallest absolute Gasteiger partial charge is 0.405 e. The maximum absolute atomic E-state index is 9.96. The monoisotopic (exact) mass is 861 g/mol. The van der Waals surface area contributed by atoms with E-state index in [2.05, 4.69) is 129 Å². The Morgan fingerprint density at radius 1 is 0.482 bits per heavy atom. The van der Waals surface area contributed by atoms with Gasteiger partial charge in [0, 0.05) is 44.9 Å². The van der Waals surface area contributed by atoms with Crippen molar-refractivity contribution in [3.05, 3.63) is 89.4 Å². The van der Waals surface area contributed by atoms with Crippen LogP contribution in [0.1, 0.15) is 84.5 Å². The molecule has 13 heteroatoms. The van der Waals surface area contributed by atoms with Gasteiger partial charge >= 0.3 is 21.1 Å². The van der Waals surface area contributed by atoms with Crippen LogP contribution in [0.2, 0.25) is 0 Å². The molecule has 296 valence electrons. The Morgan fingerprint density at radius 2 is 0.821 bits per heavy atom. The van der Waals surface area contributed by atoms with Gasteiger partial charge < -0.3 is 27.9 Å². The van der Waals surface area contributed by atoms with Gasteiger partial charge in [0.05, 0.1) is 42.1 Å². The lowest BCUT2D eigenvalue weighted by molar-refractivity contribution is 0.00578. The lowest BCUT2D eigenvalue weighted by Crippen LogP contribution is -2.41. The van der Waals surface area contributed by atoms with E-state index in [1.807, 2.05) is 78.1 Å². The average molecular weight is 862 g/mol. The van der Waals surface area contributed by atoms with Crippen LogP contribution in [-0.4, -0.2) is 61.9 Å². The number of thiophene rings is 2. The highest BCUT2D eigenvalue weighted by atomic mass is 79.9. The van der Waals surface area contributed by atoms with Gasteiger partial charge in [-0.1, -0.05) is 66.7 Å². The van der Waals surface area contributed by atoms with E-state index >= 15 is 0 Å². The molecule has 0 saturated carbocycles. The fraction of sp³-hybridized carbons (Fsp3) is 0.442. The molecular formula is C43H53B3BrFO6S2. The molecule has 3 saturated heterocycles. The normalized spacial score (nSPS) is 21.3. The van der Waals surface area contributed by atoms with Gasteiger partial charge in [0.1, 0.15) is 0 Å². The molecule has 6 aromatic rings. The van der Waals surface area contributed by atoms with E-state index in [4.69, 9.17) is 29.3 Å². The van der Waals surface area contributed by atoms with E-state index in [0.29, 0.717) is 0 Å². The van der Waals surface area contributed by atoms with E-state index in [0.717, 1.165) is 5.46 Å². The first-order valence-electron chi connectivity index (χ1n) is 19.6. The summed E-state index contributed by atoms with van der Waals surface area (Å²) in [4.78, 5) is 0. The van der Waals surface area contributed by atoms with Crippen molar-refractivity contribution in [1.82, 2.24) is 0 Å². The zero-order valence-electron chi connectivity index (χ0n) is 35.5. The van der Waals surface area contributed by atoms with Gasteiger partial charge in [-0.05, 0) is 123 Å². The van der Waals surface area contributed by atoms with Crippen LogP contribution < -0.4 is 5.46 Å². The molecule has 56 heavy (non-hydrogen) atoms. The van der Waals surface area contributed by atoms with Crippen LogP contribution in [0.5, 0.6) is 0 Å². The van der Waals surface area contributed by atoms with Gasteiger partial charge in [0.25, 0.3) is 0 Å². The van der Waals surface area contributed by atoms with Crippen LogP contribution in [-0.2, 0) is 27.9 Å². The second-order valence-electron chi connectivity index (χ2n) is 17.4. The van der Waals surface area contributed by atoms with Crippen molar-refractivity contribution in [2.24, 2.45) is 0 Å². The van der Waals surface area contributed by atoms with Gasteiger partial charge in [-0.2, -0.15) is 0 Å². The van der Waals surface area contributed by atoms with Crippen LogP contribution in [0, 0.1) is 0 Å². The Morgan fingerprint density at radius 3 is 1.27 bits per heavy atom. The van der Waals surface area contributed by atoms with Crippen molar-refractivity contribution in [2.45, 2.75) is 117 Å². The molecule has 2 aromatic heterocycles. The minimum absolute atomic E-state index is 0.304. The molecule has 0 aliphatic carbocycles. The zero-order chi connectivity index (χ0) is 41.8. The summed E-state index contributed by atoms with van der Waals surface area (Å²) in [5.74, 6) is 0. The van der Waals surface area contributed by atoms with Crippen molar-refractivity contribution in [2.75, 3.05) is 7.15 Å². The second-order valence-corrected chi connectivity index (χ2v) is 20.3. The minimum atomic E-state index is -1.00. The van der Waals surface area contributed by atoms with Crippen LogP contribution in [0.4, 0.5) is 4.39 Å². The standard InChI is InChI=1S/C18H19BO2S.C12H24B2O4.C12H7BrS.CH3F/c1-17(2)18(3,4)21-19(20-17)14-10-7-9-13-12-8-5-6-11-15(12)22-16(13)14;1-9(2)10(3,4)16-13(15-9)14-17-11(5,6)12(7,8)18-14;13-10-6-3-5-9-8-4-1-2-7-11(8)14-12(9)10;1-2/h5-11H,1-4H3;1-8H3;1-7H;1H3/i;;;1D. The number of hydrogen-bond acceptors (Lipinski definition) is 8. The number of hydrogen-bond donors (Lipinski definition) is 0. The fourth-order valence-corrected chi connectivity index (χ4v) is 9.58. The van der Waals surface area contributed by atoms with Gasteiger partial charge in [-0.25, -0.2) is 0 Å². The summed E-state index contributed by atoms with van der Waals surface area (Å²) >= 11 is 7.24. The quantitative estimate of drug-likeness (QED) is 0.162. The number of fused-ring (bicyclic) bond motifs is 6. The summed E-state index contributed by atoms with van der Waals surface area (Å²) in [7, 11) is -2.26. The summed E-state index contributed by atoms with van der Waals surface area (Å²) in [5, 5.41) is 5.29. The highest BCUT2D eigenvalue weighted by Gasteiger charge is 2.63. The average Bonchev–Trinajstić information content (AvgIpc) is 3.86. The first kappa shape index (κ1) is 41.8. The topological polar surface area (TPSA) is 55.4 Å². The van der Waals surface area contributed by atoms with E-state index < -0.39 is 21.2 Å². The summed E-state index contributed by atoms with van der Waals surface area (Å²) < 4.78 is 58.3. The molecule has 3 aliphatic rings. The molecular weight excluding hydrogens is 808 g/mol. The Hall–Kier alpha value is -2.32. The largest absolute Gasteiger partial charge is 0.496 e. The molecule has 0 amide bonds. The third-order valence-corrected chi connectivity index (χ3v) is 15.4. The van der Waals surface area contributed by atoms with Crippen LogP contribution in [0.25, 0.3) is 40.3 Å². The molecule has 5 heterocycles. The maximum atomic E-state index is 9.96. The van der Waals surface area contributed by atoms with E-state index in [1.54, 1.807) is 0 Å². The second kappa shape index (κ2) is 15.7. The molecule has 0 bridgehead atoms. The van der Waals surface area contributed by atoms with Crippen LogP contribution >= 0.6 is 38.6 Å². The van der Waals surface area contributed by atoms with Crippen LogP contribution in [0.15, 0.2) is 89.4 Å². The molecule has 3 aliphatic heterocycles. The van der Waals surface area contributed by atoms with Crippen molar-refractivity contribution >= 4 is 106 Å². The third-order valence-electron chi connectivity index (χ3n) is 12.1. The van der Waals surface area contributed by atoms with Crippen molar-refractivity contribution in [1.29, 1.82) is 0 Å². The van der Waals surface area contributed by atoms with Crippen molar-refractivity contribution in [3.63, 3.8) is 0 Å². The predicted molar refractivity (Wildman–Crippen MR) is 241 cm³/mol. The van der Waals surface area contributed by atoms with Gasteiger partial charge in [0.2, 0.25) is 0 Å². The summed E-state index contributed by atoms with van der Waals surface area (Å²) in [5.41, 5.74) is -0.921. The first-order chi connectivity index (χ1) is 26.5. The Kier molecular flexibility index (Phi) is 11.7. The first-order valence-corrected chi connectivity index (χ1v) is 21.4. The van der Waals surface area contributed by atoms with E-state index in [-0.39, 0.29) is 40.7 Å². The van der Waals surface area contributed by atoms with Crippen LogP contribution in [0.3, 0.4) is 0 Å². The zero-order valence-corrected chi connectivity index (χ0v) is 37.8. The van der Waals surface area contributed by atoms with Gasteiger partial charge in [0.15, 0.2) is 0 Å². The number of rotatable bonds is 2. The highest BCUT2D eigenvalue weighted by Crippen LogP contribution is 2.44. The molecule has 6 nitrogen and oxygen atoms in total. The molecule has 4 aromatic carbocycles. The molecule has 9 rings (SSSR count). The lowest BCUT2D eigenvalue weighted by Gasteiger charge is -2.32. The summed E-state index contributed by atoms with van der Waals surface area (Å²) in [6, 6.07) is 29.8. The van der Waals surface area contributed by atoms with E-state index in [9.17, 15) is 4.39 Å². The summed E-state index contributed by atoms with van der Waals surface area (Å²) in [6.07, 6.45) is 0. The Bertz CT molecular complexity index is 2280. The number of alkyl halides is 1. The molecule has 0 N–H and O–H groups in total.